The molecule has 0 aliphatic carbocycles. The van der Waals surface area contributed by atoms with Crippen molar-refractivity contribution in [1.29, 1.82) is 0 Å². The summed E-state index contributed by atoms with van der Waals surface area (Å²) in [6.45, 7) is 3.63. The zero-order chi connectivity index (χ0) is 13.1. The van der Waals surface area contributed by atoms with Crippen molar-refractivity contribution in [3.05, 3.63) is 29.0 Å². The third kappa shape index (κ3) is 2.85. The number of hydrogen-bond donors (Lipinski definition) is 1. The maximum Gasteiger partial charge on any atom is 0.282 e. The summed E-state index contributed by atoms with van der Waals surface area (Å²) in [5, 5.41) is 0.388. The molecule has 0 fully saturated rings. The van der Waals surface area contributed by atoms with Gasteiger partial charge in [-0.2, -0.15) is 0 Å². The lowest BCUT2D eigenvalue weighted by atomic mass is 10.2. The minimum absolute atomic E-state index is 0.0555. The molecule has 0 amide bonds. The molecule has 2 N–H and O–H groups in total. The Balaban J connectivity index is 2.13. The van der Waals surface area contributed by atoms with Crippen molar-refractivity contribution in [3.63, 3.8) is 0 Å². The first-order chi connectivity index (χ1) is 8.60. The van der Waals surface area contributed by atoms with Gasteiger partial charge >= 0.3 is 0 Å². The minimum Gasteiger partial charge on any atom is -0.463 e. The summed E-state index contributed by atoms with van der Waals surface area (Å²) in [5.41, 5.74) is 5.96. The summed E-state index contributed by atoms with van der Waals surface area (Å²) in [5.74, 6) is -0.333. The fraction of sp³-hybridized carbons (Fsp3) is 0.417. The van der Waals surface area contributed by atoms with Gasteiger partial charge in [0.05, 0.1) is 5.69 Å². The quantitative estimate of drug-likeness (QED) is 0.911. The number of rotatable bonds is 4. The fourth-order valence-corrected chi connectivity index (χ4v) is 2.08. The molecule has 0 radical (unpaired) electrons. The van der Waals surface area contributed by atoms with E-state index in [1.807, 2.05) is 11.8 Å². The highest BCUT2D eigenvalue weighted by Crippen LogP contribution is 2.23. The fourth-order valence-electron chi connectivity index (χ4n) is 1.92. The molecule has 1 aliphatic rings. The van der Waals surface area contributed by atoms with Crippen LogP contribution in [-0.4, -0.2) is 31.8 Å². The monoisotopic (exact) mass is 271 g/mol. The highest BCUT2D eigenvalue weighted by molar-refractivity contribution is 6.30. The molecule has 2 rings (SSSR count). The molecule has 0 aromatic heterocycles. The van der Waals surface area contributed by atoms with E-state index in [4.69, 9.17) is 22.1 Å². The second-order valence-electron chi connectivity index (χ2n) is 4.07. The predicted molar refractivity (Wildman–Crippen MR) is 70.7 cm³/mol. The average molecular weight is 272 g/mol. The van der Waals surface area contributed by atoms with Crippen LogP contribution in [0, 0.1) is 5.82 Å². The van der Waals surface area contributed by atoms with Crippen LogP contribution < -0.4 is 10.6 Å². The number of hydrogen-bond acceptors (Lipinski definition) is 4. The molecule has 4 nitrogen and oxygen atoms in total. The van der Waals surface area contributed by atoms with Gasteiger partial charge in [0.1, 0.15) is 18.5 Å². The van der Waals surface area contributed by atoms with Crippen LogP contribution in [0.5, 0.6) is 0 Å². The van der Waals surface area contributed by atoms with E-state index in [1.54, 1.807) is 12.1 Å². The molecular formula is C12H15ClFN3O. The summed E-state index contributed by atoms with van der Waals surface area (Å²) in [6, 6.07) is 4.80. The molecule has 0 spiro atoms. The highest BCUT2D eigenvalue weighted by atomic mass is 35.5. The van der Waals surface area contributed by atoms with Crippen LogP contribution in [0.25, 0.3) is 0 Å². The van der Waals surface area contributed by atoms with Crippen LogP contribution in [-0.2, 0) is 4.74 Å². The number of nitrogens with two attached hydrogens (primary N) is 1. The third-order valence-electron chi connectivity index (χ3n) is 2.80. The molecule has 1 aromatic rings. The van der Waals surface area contributed by atoms with Gasteiger partial charge in [-0.1, -0.05) is 11.6 Å². The minimum atomic E-state index is -0.333. The Bertz CT molecular complexity index is 467. The van der Waals surface area contributed by atoms with Crippen molar-refractivity contribution in [1.82, 2.24) is 0 Å². The van der Waals surface area contributed by atoms with E-state index in [2.05, 4.69) is 4.99 Å². The number of aliphatic imine (C=N–C) groups is 1. The van der Waals surface area contributed by atoms with Crippen molar-refractivity contribution in [2.45, 2.75) is 13.0 Å². The Morgan fingerprint density at radius 3 is 2.94 bits per heavy atom. The summed E-state index contributed by atoms with van der Waals surface area (Å²) in [6.07, 6.45) is 0. The maximum absolute atomic E-state index is 13.8. The van der Waals surface area contributed by atoms with Gasteiger partial charge in [0.2, 0.25) is 0 Å². The second kappa shape index (κ2) is 5.44. The first-order valence-electron chi connectivity index (χ1n) is 5.76. The first-order valence-corrected chi connectivity index (χ1v) is 6.14. The standard InChI is InChI=1S/C12H15ClFN3O/c1-2-17(6-9-7-18-12(15)16-9)11-4-3-8(13)5-10(11)14/h3-5,9H,2,6-7H2,1H3,(H2,15,16)/t9-/m0/s1. The van der Waals surface area contributed by atoms with E-state index in [1.165, 1.54) is 6.07 Å². The van der Waals surface area contributed by atoms with E-state index >= 15 is 0 Å². The van der Waals surface area contributed by atoms with Gasteiger partial charge < -0.3 is 15.4 Å². The molecule has 1 aromatic carbocycles. The van der Waals surface area contributed by atoms with E-state index in [0.717, 1.165) is 0 Å². The molecule has 0 saturated heterocycles. The second-order valence-corrected chi connectivity index (χ2v) is 4.50. The molecule has 18 heavy (non-hydrogen) atoms. The van der Waals surface area contributed by atoms with Gasteiger partial charge in [0.25, 0.3) is 6.02 Å². The third-order valence-corrected chi connectivity index (χ3v) is 3.03. The molecule has 98 valence electrons. The topological polar surface area (TPSA) is 50.9 Å². The molecule has 6 heteroatoms. The Morgan fingerprint density at radius 1 is 1.61 bits per heavy atom. The molecule has 1 aliphatic heterocycles. The van der Waals surface area contributed by atoms with Crippen molar-refractivity contribution in [2.24, 2.45) is 10.7 Å². The van der Waals surface area contributed by atoms with Gasteiger partial charge in [-0.25, -0.2) is 9.38 Å². The number of ether oxygens (including phenoxy) is 1. The van der Waals surface area contributed by atoms with Crippen LogP contribution in [0.4, 0.5) is 10.1 Å². The highest BCUT2D eigenvalue weighted by Gasteiger charge is 2.21. The van der Waals surface area contributed by atoms with Crippen LogP contribution in [0.1, 0.15) is 6.92 Å². The van der Waals surface area contributed by atoms with E-state index in [-0.39, 0.29) is 17.9 Å². The first kappa shape index (κ1) is 13.0. The van der Waals surface area contributed by atoms with Crippen LogP contribution >= 0.6 is 11.6 Å². The number of likely N-dealkylation sites (N-methyl/N-ethyl adjacent to an activating group) is 1. The average Bonchev–Trinajstić information content (AvgIpc) is 2.72. The summed E-state index contributed by atoms with van der Waals surface area (Å²) < 4.78 is 18.9. The lowest BCUT2D eigenvalue weighted by Gasteiger charge is -2.25. The largest absolute Gasteiger partial charge is 0.463 e. The van der Waals surface area contributed by atoms with Crippen molar-refractivity contribution < 1.29 is 9.13 Å². The molecule has 0 unspecified atom stereocenters. The van der Waals surface area contributed by atoms with Gasteiger partial charge in [0, 0.05) is 18.1 Å². The summed E-state index contributed by atoms with van der Waals surface area (Å²) in [4.78, 5) is 6.02. The van der Waals surface area contributed by atoms with E-state index < -0.39 is 0 Å². The molecule has 0 bridgehead atoms. The smallest absolute Gasteiger partial charge is 0.282 e. The van der Waals surface area contributed by atoms with Gasteiger partial charge in [-0.15, -0.1) is 0 Å². The molecule has 1 heterocycles. The van der Waals surface area contributed by atoms with Crippen LogP contribution in [0.3, 0.4) is 0 Å². The summed E-state index contributed by atoms with van der Waals surface area (Å²) >= 11 is 5.74. The number of nitrogens with zero attached hydrogens (tertiary/aromatic N) is 2. The van der Waals surface area contributed by atoms with Crippen molar-refractivity contribution in [3.8, 4) is 0 Å². The van der Waals surface area contributed by atoms with E-state index in [9.17, 15) is 4.39 Å². The number of halogens is 2. The van der Waals surface area contributed by atoms with Crippen molar-refractivity contribution in [2.75, 3.05) is 24.6 Å². The van der Waals surface area contributed by atoms with E-state index in [0.29, 0.717) is 30.4 Å². The SMILES string of the molecule is CCN(C[C@H]1COC(N)=N1)c1ccc(Cl)cc1F. The molecule has 0 saturated carbocycles. The van der Waals surface area contributed by atoms with Crippen molar-refractivity contribution >= 4 is 23.3 Å². The Hall–Kier alpha value is -1.49. The molecular weight excluding hydrogens is 257 g/mol. The Morgan fingerprint density at radius 2 is 2.39 bits per heavy atom. The number of anilines is 1. The lowest BCUT2D eigenvalue weighted by molar-refractivity contribution is 0.313. The predicted octanol–water partition coefficient (Wildman–Crippen LogP) is 2.02. The van der Waals surface area contributed by atoms with Gasteiger partial charge in [-0.05, 0) is 25.1 Å². The number of amidine groups is 1. The van der Waals surface area contributed by atoms with Gasteiger partial charge in [0.15, 0.2) is 0 Å². The zero-order valence-corrected chi connectivity index (χ0v) is 10.8. The molecule has 1 atom stereocenters. The summed E-state index contributed by atoms with van der Waals surface area (Å²) in [7, 11) is 0. The normalized spacial score (nSPS) is 18.4. The zero-order valence-electron chi connectivity index (χ0n) is 10.1. The number of benzene rings is 1. The van der Waals surface area contributed by atoms with Crippen LogP contribution in [0.2, 0.25) is 5.02 Å². The Labute approximate surface area is 110 Å². The lowest BCUT2D eigenvalue weighted by Crippen LogP contribution is -2.32. The van der Waals surface area contributed by atoms with Crippen LogP contribution in [0.15, 0.2) is 23.2 Å². The van der Waals surface area contributed by atoms with Gasteiger partial charge in [-0.3, -0.25) is 0 Å². The maximum atomic E-state index is 13.8. The Kier molecular flexibility index (Phi) is 3.91.